The van der Waals surface area contributed by atoms with E-state index in [1.54, 1.807) is 12.1 Å². The molecule has 3 unspecified atom stereocenters. The normalized spacial score (nSPS) is 27.1. The van der Waals surface area contributed by atoms with E-state index >= 15 is 0 Å². The van der Waals surface area contributed by atoms with Crippen molar-refractivity contribution < 1.29 is 5.11 Å². The second-order valence-electron chi connectivity index (χ2n) is 5.77. The Hall–Kier alpha value is -1.06. The van der Waals surface area contributed by atoms with Crippen molar-refractivity contribution in [2.24, 2.45) is 11.7 Å². The lowest BCUT2D eigenvalue weighted by atomic mass is 9.94. The maximum absolute atomic E-state index is 9.28. The average molecular weight is 248 g/mol. The van der Waals surface area contributed by atoms with Gasteiger partial charge >= 0.3 is 0 Å². The van der Waals surface area contributed by atoms with Crippen LogP contribution in [0.2, 0.25) is 0 Å². The summed E-state index contributed by atoms with van der Waals surface area (Å²) in [7, 11) is 0. The predicted octanol–water partition coefficient (Wildman–Crippen LogP) is 1.99. The Morgan fingerprint density at radius 2 is 2.00 bits per heavy atom. The molecule has 0 aromatic heterocycles. The van der Waals surface area contributed by atoms with Gasteiger partial charge in [0, 0.05) is 25.2 Å². The molecule has 0 aliphatic carbocycles. The zero-order valence-corrected chi connectivity index (χ0v) is 11.3. The summed E-state index contributed by atoms with van der Waals surface area (Å²) in [5.74, 6) is 1.02. The summed E-state index contributed by atoms with van der Waals surface area (Å²) in [4.78, 5) is 2.49. The summed E-state index contributed by atoms with van der Waals surface area (Å²) in [6.45, 7) is 6.69. The molecule has 3 N–H and O–H groups in total. The zero-order valence-electron chi connectivity index (χ0n) is 11.3. The number of nitrogens with two attached hydrogens (primary N) is 1. The molecule has 3 atom stereocenters. The molecule has 1 aliphatic rings. The van der Waals surface area contributed by atoms with Gasteiger partial charge in [-0.2, -0.15) is 0 Å². The number of nitrogens with zero attached hydrogens (tertiary/aromatic N) is 1. The van der Waals surface area contributed by atoms with Crippen LogP contribution >= 0.6 is 0 Å². The number of phenols is 1. The van der Waals surface area contributed by atoms with Gasteiger partial charge in [-0.25, -0.2) is 0 Å². The van der Waals surface area contributed by atoms with E-state index in [1.165, 1.54) is 5.56 Å². The van der Waals surface area contributed by atoms with E-state index < -0.39 is 0 Å². The van der Waals surface area contributed by atoms with Crippen molar-refractivity contribution in [3.63, 3.8) is 0 Å². The lowest BCUT2D eigenvalue weighted by Gasteiger charge is -2.38. The molecule has 1 aromatic rings. The second-order valence-corrected chi connectivity index (χ2v) is 5.77. The number of likely N-dealkylation sites (tertiary alicyclic amines) is 1. The Balaban J connectivity index is 1.94. The third-order valence-corrected chi connectivity index (χ3v) is 3.81. The predicted molar refractivity (Wildman–Crippen MR) is 74.6 cm³/mol. The number of benzene rings is 1. The van der Waals surface area contributed by atoms with E-state index in [2.05, 4.69) is 18.7 Å². The van der Waals surface area contributed by atoms with Crippen LogP contribution < -0.4 is 5.73 Å². The first kappa shape index (κ1) is 13.4. The Kier molecular flexibility index (Phi) is 4.25. The number of aromatic hydroxyl groups is 1. The monoisotopic (exact) mass is 248 g/mol. The molecule has 1 aromatic carbocycles. The molecule has 3 heteroatoms. The highest BCUT2D eigenvalue weighted by Gasteiger charge is 2.25. The maximum atomic E-state index is 9.28. The third-order valence-electron chi connectivity index (χ3n) is 3.81. The van der Waals surface area contributed by atoms with E-state index in [0.29, 0.717) is 23.8 Å². The van der Waals surface area contributed by atoms with Crippen molar-refractivity contribution in [2.45, 2.75) is 38.8 Å². The minimum absolute atomic E-state index is 0.316. The fourth-order valence-corrected chi connectivity index (χ4v) is 2.90. The van der Waals surface area contributed by atoms with Crippen LogP contribution in [0, 0.1) is 5.92 Å². The molecule has 1 fully saturated rings. The number of hydrogen-bond acceptors (Lipinski definition) is 3. The first-order valence-corrected chi connectivity index (χ1v) is 6.82. The van der Waals surface area contributed by atoms with Crippen molar-refractivity contribution in [3.05, 3.63) is 29.8 Å². The number of phenolic OH excluding ortho intramolecular Hbond substituents is 1. The zero-order chi connectivity index (χ0) is 13.1. The van der Waals surface area contributed by atoms with Crippen LogP contribution in [0.3, 0.4) is 0 Å². The van der Waals surface area contributed by atoms with E-state index in [-0.39, 0.29) is 0 Å². The van der Waals surface area contributed by atoms with Crippen molar-refractivity contribution >= 4 is 0 Å². The van der Waals surface area contributed by atoms with Crippen molar-refractivity contribution in [3.8, 4) is 5.75 Å². The maximum Gasteiger partial charge on any atom is 0.115 e. The first-order valence-electron chi connectivity index (χ1n) is 6.82. The van der Waals surface area contributed by atoms with Gasteiger partial charge in [0.1, 0.15) is 5.75 Å². The average Bonchev–Trinajstić information content (AvgIpc) is 2.31. The van der Waals surface area contributed by atoms with Crippen LogP contribution in [0.4, 0.5) is 0 Å². The Labute approximate surface area is 110 Å². The van der Waals surface area contributed by atoms with Gasteiger partial charge in [-0.3, -0.25) is 4.90 Å². The summed E-state index contributed by atoms with van der Waals surface area (Å²) >= 11 is 0. The first-order chi connectivity index (χ1) is 8.54. The van der Waals surface area contributed by atoms with Gasteiger partial charge in [0.25, 0.3) is 0 Å². The molecule has 2 rings (SSSR count). The molecular weight excluding hydrogens is 224 g/mol. The molecule has 0 radical (unpaired) electrons. The molecule has 1 heterocycles. The molecule has 3 nitrogen and oxygen atoms in total. The molecule has 100 valence electrons. The van der Waals surface area contributed by atoms with Gasteiger partial charge < -0.3 is 10.8 Å². The van der Waals surface area contributed by atoms with E-state index in [1.807, 2.05) is 12.1 Å². The summed E-state index contributed by atoms with van der Waals surface area (Å²) in [5, 5.41) is 9.28. The molecule has 1 aliphatic heterocycles. The van der Waals surface area contributed by atoms with Crippen molar-refractivity contribution in [1.82, 2.24) is 4.90 Å². The highest BCUT2D eigenvalue weighted by atomic mass is 16.3. The van der Waals surface area contributed by atoms with Crippen LogP contribution in [-0.2, 0) is 6.42 Å². The molecule has 0 saturated carbocycles. The van der Waals surface area contributed by atoms with E-state index in [4.69, 9.17) is 5.73 Å². The van der Waals surface area contributed by atoms with Gasteiger partial charge in [-0.1, -0.05) is 19.1 Å². The minimum Gasteiger partial charge on any atom is -0.508 e. The quantitative estimate of drug-likeness (QED) is 0.860. The topological polar surface area (TPSA) is 49.5 Å². The highest BCUT2D eigenvalue weighted by molar-refractivity contribution is 5.26. The standard InChI is InChI=1S/C15H24N2O/c1-11-7-14(16)10-17(9-11)12(2)8-13-3-5-15(18)6-4-13/h3-6,11-12,14,18H,7-10,16H2,1-2H3. The Morgan fingerprint density at radius 1 is 1.33 bits per heavy atom. The van der Waals surface area contributed by atoms with Gasteiger partial charge in [0.05, 0.1) is 0 Å². The fourth-order valence-electron chi connectivity index (χ4n) is 2.90. The number of hydrogen-bond donors (Lipinski definition) is 2. The van der Waals surface area contributed by atoms with Crippen LogP contribution in [-0.4, -0.2) is 35.2 Å². The summed E-state index contributed by atoms with van der Waals surface area (Å²) in [6, 6.07) is 8.33. The van der Waals surface area contributed by atoms with Gasteiger partial charge in [-0.15, -0.1) is 0 Å². The van der Waals surface area contributed by atoms with Gasteiger partial charge in [0.2, 0.25) is 0 Å². The highest BCUT2D eigenvalue weighted by Crippen LogP contribution is 2.20. The van der Waals surface area contributed by atoms with Crippen LogP contribution in [0.15, 0.2) is 24.3 Å². The second kappa shape index (κ2) is 5.72. The largest absolute Gasteiger partial charge is 0.508 e. The number of piperidine rings is 1. The van der Waals surface area contributed by atoms with Crippen molar-refractivity contribution in [1.29, 1.82) is 0 Å². The van der Waals surface area contributed by atoms with Crippen LogP contribution in [0.1, 0.15) is 25.8 Å². The number of rotatable bonds is 3. The molecule has 0 amide bonds. The minimum atomic E-state index is 0.316. The SMILES string of the molecule is CC1CC(N)CN(C(C)Cc2ccc(O)cc2)C1. The Bertz CT molecular complexity index is 367. The van der Waals surface area contributed by atoms with Gasteiger partial charge in [0.15, 0.2) is 0 Å². The van der Waals surface area contributed by atoms with Crippen molar-refractivity contribution in [2.75, 3.05) is 13.1 Å². The lowest BCUT2D eigenvalue weighted by Crippen LogP contribution is -2.50. The fraction of sp³-hybridized carbons (Fsp3) is 0.600. The summed E-state index contributed by atoms with van der Waals surface area (Å²) in [6.07, 6.45) is 2.15. The smallest absolute Gasteiger partial charge is 0.115 e. The van der Waals surface area contributed by atoms with E-state index in [9.17, 15) is 5.11 Å². The molecular formula is C15H24N2O. The molecule has 0 spiro atoms. The lowest BCUT2D eigenvalue weighted by molar-refractivity contribution is 0.123. The molecule has 0 bridgehead atoms. The van der Waals surface area contributed by atoms with Crippen LogP contribution in [0.5, 0.6) is 5.75 Å². The van der Waals surface area contributed by atoms with E-state index in [0.717, 1.165) is 25.9 Å². The third kappa shape index (κ3) is 3.47. The molecule has 1 saturated heterocycles. The summed E-state index contributed by atoms with van der Waals surface area (Å²) < 4.78 is 0. The Morgan fingerprint density at radius 3 is 2.61 bits per heavy atom. The molecule has 18 heavy (non-hydrogen) atoms. The summed E-state index contributed by atoms with van der Waals surface area (Å²) in [5.41, 5.74) is 7.36. The van der Waals surface area contributed by atoms with Crippen LogP contribution in [0.25, 0.3) is 0 Å². The van der Waals surface area contributed by atoms with Gasteiger partial charge in [-0.05, 0) is 43.4 Å².